The van der Waals surface area contributed by atoms with Crippen LogP contribution in [0.2, 0.25) is 0 Å². The van der Waals surface area contributed by atoms with Crippen LogP contribution in [0.25, 0.3) is 0 Å². The topological polar surface area (TPSA) is 66.0 Å². The van der Waals surface area contributed by atoms with E-state index < -0.39 is 0 Å². The average molecular weight is 328 g/mol. The molecular formula is C18H28N6. The number of rotatable bonds is 7. The van der Waals surface area contributed by atoms with Crippen molar-refractivity contribution in [3.8, 4) is 0 Å². The number of piperidine rings is 1. The van der Waals surface area contributed by atoms with Gasteiger partial charge in [-0.1, -0.05) is 38.2 Å². The summed E-state index contributed by atoms with van der Waals surface area (Å²) in [6.45, 7) is 7.00. The summed E-state index contributed by atoms with van der Waals surface area (Å²) in [4.78, 5) is 16.2. The maximum absolute atomic E-state index is 4.69. The summed E-state index contributed by atoms with van der Waals surface area (Å²) >= 11 is 0. The van der Waals surface area contributed by atoms with Gasteiger partial charge < -0.3 is 15.5 Å². The predicted octanol–water partition coefficient (Wildman–Crippen LogP) is 3.23. The van der Waals surface area contributed by atoms with Crippen LogP contribution in [0.15, 0.2) is 24.3 Å². The second-order valence-electron chi connectivity index (χ2n) is 6.40. The molecule has 2 N–H and O–H groups in total. The van der Waals surface area contributed by atoms with E-state index >= 15 is 0 Å². The fourth-order valence-electron chi connectivity index (χ4n) is 3.25. The van der Waals surface area contributed by atoms with Crippen molar-refractivity contribution in [1.82, 2.24) is 15.0 Å². The fraction of sp³-hybridized carbons (Fsp3) is 0.611. The maximum Gasteiger partial charge on any atom is 0.232 e. The number of hydrogen-bond donors (Lipinski definition) is 2. The van der Waals surface area contributed by atoms with Crippen molar-refractivity contribution in [2.24, 2.45) is 5.92 Å². The van der Waals surface area contributed by atoms with Gasteiger partial charge in [0, 0.05) is 25.6 Å². The molecule has 0 spiro atoms. The van der Waals surface area contributed by atoms with Gasteiger partial charge in [0.15, 0.2) is 0 Å². The zero-order chi connectivity index (χ0) is 16.8. The van der Waals surface area contributed by atoms with Gasteiger partial charge in [0.1, 0.15) is 0 Å². The van der Waals surface area contributed by atoms with E-state index in [9.17, 15) is 0 Å². The molecular weight excluding hydrogens is 300 g/mol. The first kappa shape index (κ1) is 16.7. The molecule has 2 aliphatic rings. The van der Waals surface area contributed by atoms with Gasteiger partial charge in [-0.3, -0.25) is 0 Å². The summed E-state index contributed by atoms with van der Waals surface area (Å²) in [5, 5.41) is 6.60. The van der Waals surface area contributed by atoms with Crippen LogP contribution in [-0.4, -0.2) is 40.6 Å². The number of nitrogens with one attached hydrogen (secondary N) is 2. The van der Waals surface area contributed by atoms with Crippen LogP contribution in [0.3, 0.4) is 0 Å². The van der Waals surface area contributed by atoms with Crippen LogP contribution >= 0.6 is 0 Å². The van der Waals surface area contributed by atoms with Gasteiger partial charge >= 0.3 is 0 Å². The average Bonchev–Trinajstić information content (AvgIpc) is 2.64. The maximum atomic E-state index is 4.69. The van der Waals surface area contributed by atoms with Gasteiger partial charge in [-0.15, -0.1) is 0 Å². The first-order chi connectivity index (χ1) is 11.8. The van der Waals surface area contributed by atoms with Crippen molar-refractivity contribution in [3.63, 3.8) is 0 Å². The minimum atomic E-state index is 0.351. The molecule has 0 bridgehead atoms. The van der Waals surface area contributed by atoms with Crippen LogP contribution < -0.4 is 15.5 Å². The smallest absolute Gasteiger partial charge is 0.232 e. The first-order valence-corrected chi connectivity index (χ1v) is 9.17. The van der Waals surface area contributed by atoms with Crippen LogP contribution in [0.5, 0.6) is 0 Å². The van der Waals surface area contributed by atoms with E-state index in [-0.39, 0.29) is 0 Å². The Morgan fingerprint density at radius 1 is 1.00 bits per heavy atom. The molecule has 130 valence electrons. The Hall–Kier alpha value is -2.11. The lowest BCUT2D eigenvalue weighted by molar-refractivity contribution is 0.416. The molecule has 24 heavy (non-hydrogen) atoms. The van der Waals surface area contributed by atoms with Crippen LogP contribution in [-0.2, 0) is 0 Å². The number of hydrogen-bond acceptors (Lipinski definition) is 6. The van der Waals surface area contributed by atoms with Crippen molar-refractivity contribution in [2.45, 2.75) is 45.6 Å². The van der Waals surface area contributed by atoms with Gasteiger partial charge in [-0.2, -0.15) is 15.0 Å². The Morgan fingerprint density at radius 3 is 2.33 bits per heavy atom. The molecule has 2 unspecified atom stereocenters. The fourth-order valence-corrected chi connectivity index (χ4v) is 3.25. The molecule has 2 heterocycles. The van der Waals surface area contributed by atoms with Crippen LogP contribution in [0, 0.1) is 5.92 Å². The molecule has 0 saturated carbocycles. The lowest BCUT2D eigenvalue weighted by Gasteiger charge is -2.39. The van der Waals surface area contributed by atoms with Gasteiger partial charge in [-0.05, 0) is 25.7 Å². The minimum absolute atomic E-state index is 0.351. The van der Waals surface area contributed by atoms with E-state index in [1.807, 2.05) is 0 Å². The Morgan fingerprint density at radius 2 is 1.67 bits per heavy atom. The summed E-state index contributed by atoms with van der Waals surface area (Å²) in [6, 6.07) is 0.351. The van der Waals surface area contributed by atoms with Crippen molar-refractivity contribution < 1.29 is 0 Å². The van der Waals surface area contributed by atoms with Crippen molar-refractivity contribution in [2.75, 3.05) is 35.2 Å². The van der Waals surface area contributed by atoms with Gasteiger partial charge in [0.05, 0.1) is 6.04 Å². The molecule has 1 aromatic rings. The van der Waals surface area contributed by atoms with Crippen LogP contribution in [0.1, 0.15) is 39.5 Å². The van der Waals surface area contributed by atoms with Gasteiger partial charge in [0.2, 0.25) is 17.8 Å². The molecule has 2 atom stereocenters. The molecule has 1 saturated heterocycles. The number of nitrogens with zero attached hydrogens (tertiary/aromatic N) is 4. The van der Waals surface area contributed by atoms with Gasteiger partial charge in [0.25, 0.3) is 0 Å². The van der Waals surface area contributed by atoms with E-state index in [0.29, 0.717) is 23.9 Å². The summed E-state index contributed by atoms with van der Waals surface area (Å²) in [6.07, 6.45) is 13.3. The third kappa shape index (κ3) is 3.86. The highest BCUT2D eigenvalue weighted by molar-refractivity contribution is 5.46. The highest BCUT2D eigenvalue weighted by atomic mass is 15.3. The Labute approximate surface area is 144 Å². The van der Waals surface area contributed by atoms with E-state index in [0.717, 1.165) is 38.4 Å². The largest absolute Gasteiger partial charge is 0.354 e. The zero-order valence-electron chi connectivity index (χ0n) is 14.7. The molecule has 0 aromatic carbocycles. The summed E-state index contributed by atoms with van der Waals surface area (Å²) < 4.78 is 0. The molecule has 1 fully saturated rings. The molecule has 1 aliphatic heterocycles. The highest BCUT2D eigenvalue weighted by Crippen LogP contribution is 2.31. The molecule has 0 amide bonds. The number of allylic oxidation sites excluding steroid dienone is 2. The third-order valence-corrected chi connectivity index (χ3v) is 4.46. The lowest BCUT2D eigenvalue weighted by atomic mass is 9.86. The highest BCUT2D eigenvalue weighted by Gasteiger charge is 2.31. The summed E-state index contributed by atoms with van der Waals surface area (Å²) in [5.74, 6) is 2.66. The summed E-state index contributed by atoms with van der Waals surface area (Å²) in [7, 11) is 0. The second kappa shape index (κ2) is 8.13. The predicted molar refractivity (Wildman–Crippen MR) is 99.5 cm³/mol. The zero-order valence-corrected chi connectivity index (χ0v) is 14.7. The Balaban J connectivity index is 1.86. The summed E-state index contributed by atoms with van der Waals surface area (Å²) in [5.41, 5.74) is 0. The van der Waals surface area contributed by atoms with Crippen LogP contribution in [0.4, 0.5) is 17.8 Å². The molecule has 3 rings (SSSR count). The Kier molecular flexibility index (Phi) is 5.67. The standard InChI is InChI=1S/C18H28N6/c1-3-11-19-16-21-17(20-12-4-2)23-18(22-16)24-13-7-9-14-8-5-6-10-15(14)24/h5-6,8,10,14-15H,3-4,7,9,11-13H2,1-2H3,(H2,19,20,21,22,23). The monoisotopic (exact) mass is 328 g/mol. The molecule has 1 aromatic heterocycles. The SMILES string of the molecule is CCCNc1nc(NCCC)nc(N2CCCC3C=CC=CC32)n1. The van der Waals surface area contributed by atoms with E-state index in [1.165, 1.54) is 12.8 Å². The Bertz CT molecular complexity index is 571. The van der Waals surface area contributed by atoms with E-state index in [1.54, 1.807) is 0 Å². The number of fused-ring (bicyclic) bond motifs is 1. The van der Waals surface area contributed by atoms with Crippen molar-refractivity contribution in [1.29, 1.82) is 0 Å². The second-order valence-corrected chi connectivity index (χ2v) is 6.40. The molecule has 6 heteroatoms. The molecule has 0 radical (unpaired) electrons. The van der Waals surface area contributed by atoms with Crippen molar-refractivity contribution >= 4 is 17.8 Å². The van der Waals surface area contributed by atoms with E-state index in [4.69, 9.17) is 0 Å². The lowest BCUT2D eigenvalue weighted by Crippen LogP contribution is -2.45. The molecule has 1 aliphatic carbocycles. The first-order valence-electron chi connectivity index (χ1n) is 9.17. The van der Waals surface area contributed by atoms with Gasteiger partial charge in [-0.25, -0.2) is 0 Å². The number of aromatic nitrogens is 3. The van der Waals surface area contributed by atoms with Crippen molar-refractivity contribution in [3.05, 3.63) is 24.3 Å². The normalized spacial score (nSPS) is 22.3. The third-order valence-electron chi connectivity index (χ3n) is 4.46. The number of anilines is 3. The minimum Gasteiger partial charge on any atom is -0.354 e. The molecule has 6 nitrogen and oxygen atoms in total. The quantitative estimate of drug-likeness (QED) is 0.801. The van der Waals surface area contributed by atoms with E-state index in [2.05, 4.69) is 68.6 Å².